The van der Waals surface area contributed by atoms with Gasteiger partial charge >= 0.3 is 0 Å². The summed E-state index contributed by atoms with van der Waals surface area (Å²) in [5, 5.41) is 2.60. The van der Waals surface area contributed by atoms with Gasteiger partial charge in [0.05, 0.1) is 0 Å². The Morgan fingerprint density at radius 3 is 2.47 bits per heavy atom. The third-order valence-corrected chi connectivity index (χ3v) is 3.35. The highest BCUT2D eigenvalue weighted by atomic mass is 14.1. The van der Waals surface area contributed by atoms with Crippen molar-refractivity contribution in [1.82, 2.24) is 0 Å². The topological polar surface area (TPSA) is 0 Å². The SMILES string of the molecule is C/C=C/c1cccc(-c2cccc3ccccc23)c1. The Balaban J connectivity index is 2.21. The van der Waals surface area contributed by atoms with Crippen molar-refractivity contribution in [2.24, 2.45) is 0 Å². The van der Waals surface area contributed by atoms with E-state index in [0.717, 1.165) is 0 Å². The van der Waals surface area contributed by atoms with Crippen LogP contribution in [0.5, 0.6) is 0 Å². The fourth-order valence-electron chi connectivity index (χ4n) is 2.48. The molecule has 0 spiro atoms. The van der Waals surface area contributed by atoms with Crippen molar-refractivity contribution in [2.75, 3.05) is 0 Å². The molecular weight excluding hydrogens is 228 g/mol. The Morgan fingerprint density at radius 2 is 1.58 bits per heavy atom. The van der Waals surface area contributed by atoms with Crippen LogP contribution in [0, 0.1) is 0 Å². The minimum atomic E-state index is 1.24. The lowest BCUT2D eigenvalue weighted by Gasteiger charge is -2.07. The highest BCUT2D eigenvalue weighted by Gasteiger charge is 2.03. The van der Waals surface area contributed by atoms with Crippen molar-refractivity contribution in [3.8, 4) is 11.1 Å². The molecule has 3 aromatic carbocycles. The molecule has 0 fully saturated rings. The average Bonchev–Trinajstić information content (AvgIpc) is 2.47. The van der Waals surface area contributed by atoms with Crippen LogP contribution in [0.1, 0.15) is 12.5 Å². The van der Waals surface area contributed by atoms with Crippen LogP contribution in [-0.2, 0) is 0 Å². The van der Waals surface area contributed by atoms with Crippen molar-refractivity contribution in [3.05, 3.63) is 78.4 Å². The molecule has 0 aromatic heterocycles. The van der Waals surface area contributed by atoms with Gasteiger partial charge in [-0.2, -0.15) is 0 Å². The van der Waals surface area contributed by atoms with E-state index >= 15 is 0 Å². The Morgan fingerprint density at radius 1 is 0.789 bits per heavy atom. The van der Waals surface area contributed by atoms with Crippen LogP contribution < -0.4 is 0 Å². The van der Waals surface area contributed by atoms with Crippen LogP contribution in [0.3, 0.4) is 0 Å². The second kappa shape index (κ2) is 5.11. The van der Waals surface area contributed by atoms with Gasteiger partial charge in [-0.25, -0.2) is 0 Å². The van der Waals surface area contributed by atoms with Crippen molar-refractivity contribution in [2.45, 2.75) is 6.92 Å². The Labute approximate surface area is 114 Å². The molecule has 0 saturated heterocycles. The highest BCUT2D eigenvalue weighted by Crippen LogP contribution is 2.29. The highest BCUT2D eigenvalue weighted by molar-refractivity contribution is 5.96. The minimum absolute atomic E-state index is 1.24. The van der Waals surface area contributed by atoms with Crippen molar-refractivity contribution in [3.63, 3.8) is 0 Å². The first-order valence-corrected chi connectivity index (χ1v) is 6.59. The van der Waals surface area contributed by atoms with Gasteiger partial charge in [-0.3, -0.25) is 0 Å². The van der Waals surface area contributed by atoms with Gasteiger partial charge in [0.15, 0.2) is 0 Å². The summed E-state index contributed by atoms with van der Waals surface area (Å²) in [6.07, 6.45) is 4.21. The number of hydrogen-bond donors (Lipinski definition) is 0. The number of allylic oxidation sites excluding steroid dienone is 1. The molecule has 0 heteroatoms. The molecule has 0 aliphatic heterocycles. The summed E-state index contributed by atoms with van der Waals surface area (Å²) in [6.45, 7) is 2.05. The summed E-state index contributed by atoms with van der Waals surface area (Å²) in [5.41, 5.74) is 3.81. The molecule has 92 valence electrons. The van der Waals surface area contributed by atoms with E-state index in [1.54, 1.807) is 0 Å². The molecular formula is C19H16. The van der Waals surface area contributed by atoms with Crippen LogP contribution in [0.4, 0.5) is 0 Å². The molecule has 3 rings (SSSR count). The maximum atomic E-state index is 2.24. The zero-order chi connectivity index (χ0) is 13.1. The molecule has 0 N–H and O–H groups in total. The van der Waals surface area contributed by atoms with Crippen LogP contribution in [-0.4, -0.2) is 0 Å². The molecule has 0 heterocycles. The van der Waals surface area contributed by atoms with Gasteiger partial charge in [-0.15, -0.1) is 0 Å². The van der Waals surface area contributed by atoms with Gasteiger partial charge in [-0.1, -0.05) is 72.8 Å². The first kappa shape index (κ1) is 11.7. The van der Waals surface area contributed by atoms with Gasteiger partial charge < -0.3 is 0 Å². The van der Waals surface area contributed by atoms with Crippen LogP contribution in [0.25, 0.3) is 28.0 Å². The smallest absolute Gasteiger partial charge is 0.0105 e. The zero-order valence-corrected chi connectivity index (χ0v) is 11.0. The molecule has 0 atom stereocenters. The zero-order valence-electron chi connectivity index (χ0n) is 11.0. The van der Waals surface area contributed by atoms with Crippen LogP contribution in [0.2, 0.25) is 0 Å². The first-order valence-electron chi connectivity index (χ1n) is 6.59. The summed E-state index contributed by atoms with van der Waals surface area (Å²) < 4.78 is 0. The average molecular weight is 244 g/mol. The summed E-state index contributed by atoms with van der Waals surface area (Å²) in [4.78, 5) is 0. The number of hydrogen-bond acceptors (Lipinski definition) is 0. The molecule has 19 heavy (non-hydrogen) atoms. The summed E-state index contributed by atoms with van der Waals surface area (Å²) >= 11 is 0. The third kappa shape index (κ3) is 2.30. The molecule has 0 saturated carbocycles. The van der Waals surface area contributed by atoms with E-state index in [2.05, 4.69) is 78.9 Å². The van der Waals surface area contributed by atoms with Gasteiger partial charge in [0.2, 0.25) is 0 Å². The predicted octanol–water partition coefficient (Wildman–Crippen LogP) is 5.54. The summed E-state index contributed by atoms with van der Waals surface area (Å²) in [7, 11) is 0. The van der Waals surface area contributed by atoms with Crippen molar-refractivity contribution in [1.29, 1.82) is 0 Å². The van der Waals surface area contributed by atoms with E-state index in [9.17, 15) is 0 Å². The van der Waals surface area contributed by atoms with Gasteiger partial charge in [0.1, 0.15) is 0 Å². The molecule has 0 nitrogen and oxygen atoms in total. The fraction of sp³-hybridized carbons (Fsp3) is 0.0526. The fourth-order valence-corrected chi connectivity index (χ4v) is 2.48. The van der Waals surface area contributed by atoms with Gasteiger partial charge in [0.25, 0.3) is 0 Å². The van der Waals surface area contributed by atoms with E-state index in [0.29, 0.717) is 0 Å². The normalized spacial score (nSPS) is 11.2. The predicted molar refractivity (Wildman–Crippen MR) is 84.1 cm³/mol. The first-order chi connectivity index (χ1) is 9.38. The Kier molecular flexibility index (Phi) is 3.16. The maximum Gasteiger partial charge on any atom is -0.0105 e. The van der Waals surface area contributed by atoms with Crippen molar-refractivity contribution < 1.29 is 0 Å². The molecule has 0 aliphatic rings. The second-order valence-corrected chi connectivity index (χ2v) is 4.65. The lowest BCUT2D eigenvalue weighted by molar-refractivity contribution is 1.61. The van der Waals surface area contributed by atoms with Crippen molar-refractivity contribution >= 4 is 16.8 Å². The summed E-state index contributed by atoms with van der Waals surface area (Å²) in [6, 6.07) is 23.7. The third-order valence-electron chi connectivity index (χ3n) is 3.35. The van der Waals surface area contributed by atoms with E-state index in [1.165, 1.54) is 27.5 Å². The molecule has 0 amide bonds. The number of rotatable bonds is 2. The van der Waals surface area contributed by atoms with E-state index < -0.39 is 0 Å². The molecule has 3 aromatic rings. The standard InChI is InChI=1S/C19H16/c1-2-7-15-8-5-11-17(14-15)19-13-6-10-16-9-3-4-12-18(16)19/h2-14H,1H3/b7-2+. The Bertz CT molecular complexity index is 730. The number of fused-ring (bicyclic) bond motifs is 1. The molecule has 0 aliphatic carbocycles. The van der Waals surface area contributed by atoms with Crippen LogP contribution in [0.15, 0.2) is 72.8 Å². The largest absolute Gasteiger partial charge is 0.0871 e. The second-order valence-electron chi connectivity index (χ2n) is 4.65. The monoisotopic (exact) mass is 244 g/mol. The lowest BCUT2D eigenvalue weighted by atomic mass is 9.97. The molecule has 0 unspecified atom stereocenters. The van der Waals surface area contributed by atoms with E-state index in [-0.39, 0.29) is 0 Å². The lowest BCUT2D eigenvalue weighted by Crippen LogP contribution is -1.82. The number of benzene rings is 3. The molecule has 0 bridgehead atoms. The molecule has 0 radical (unpaired) electrons. The maximum absolute atomic E-state index is 2.24. The minimum Gasteiger partial charge on any atom is -0.0871 e. The Hall–Kier alpha value is -2.34. The van der Waals surface area contributed by atoms with Gasteiger partial charge in [-0.05, 0) is 40.5 Å². The van der Waals surface area contributed by atoms with Crippen LogP contribution >= 0.6 is 0 Å². The summed E-state index contributed by atoms with van der Waals surface area (Å²) in [5.74, 6) is 0. The quantitative estimate of drug-likeness (QED) is 0.555. The van der Waals surface area contributed by atoms with E-state index in [4.69, 9.17) is 0 Å². The van der Waals surface area contributed by atoms with E-state index in [1.807, 2.05) is 6.92 Å². The van der Waals surface area contributed by atoms with Gasteiger partial charge in [0, 0.05) is 0 Å².